The molecule has 0 aliphatic rings. The fourth-order valence-electron chi connectivity index (χ4n) is 2.46. The molecular formula is C19H16O2S. The Kier molecular flexibility index (Phi) is 4.45. The molecule has 3 rings (SSSR count). The minimum atomic E-state index is -0.776. The van der Waals surface area contributed by atoms with Crippen LogP contribution < -0.4 is 0 Å². The lowest BCUT2D eigenvalue weighted by Gasteiger charge is -2.15. The Morgan fingerprint density at radius 2 is 1.59 bits per heavy atom. The van der Waals surface area contributed by atoms with Crippen molar-refractivity contribution in [2.24, 2.45) is 0 Å². The third kappa shape index (κ3) is 3.49. The number of carboxylic acids is 1. The smallest absolute Gasteiger partial charge is 0.304 e. The predicted molar refractivity (Wildman–Crippen MR) is 91.2 cm³/mol. The van der Waals surface area contributed by atoms with Crippen LogP contribution in [0, 0.1) is 0 Å². The van der Waals surface area contributed by atoms with Crippen molar-refractivity contribution < 1.29 is 9.90 Å². The van der Waals surface area contributed by atoms with Gasteiger partial charge in [0.05, 0.1) is 6.42 Å². The van der Waals surface area contributed by atoms with Gasteiger partial charge in [0.15, 0.2) is 0 Å². The third-order valence-corrected chi connectivity index (χ3v) is 4.78. The molecule has 1 atom stereocenters. The van der Waals surface area contributed by atoms with Gasteiger partial charge in [-0.3, -0.25) is 4.79 Å². The first-order valence-electron chi connectivity index (χ1n) is 7.14. The van der Waals surface area contributed by atoms with Gasteiger partial charge in [0.25, 0.3) is 0 Å². The summed E-state index contributed by atoms with van der Waals surface area (Å²) in [5.74, 6) is -0.776. The van der Waals surface area contributed by atoms with Crippen LogP contribution in [0.4, 0.5) is 0 Å². The number of benzene rings is 3. The van der Waals surface area contributed by atoms with Crippen LogP contribution in [0.15, 0.2) is 77.7 Å². The number of hydrogen-bond acceptors (Lipinski definition) is 2. The molecule has 0 saturated carbocycles. The number of hydrogen-bond donors (Lipinski definition) is 1. The lowest BCUT2D eigenvalue weighted by Crippen LogP contribution is -2.03. The Hall–Kier alpha value is -2.26. The molecule has 0 saturated heterocycles. The summed E-state index contributed by atoms with van der Waals surface area (Å²) in [6.45, 7) is 0. The number of rotatable bonds is 5. The molecule has 3 heteroatoms. The molecule has 0 aromatic heterocycles. The van der Waals surface area contributed by atoms with Crippen molar-refractivity contribution in [3.05, 3.63) is 78.4 Å². The zero-order valence-corrected chi connectivity index (χ0v) is 12.8. The molecule has 1 N–H and O–H groups in total. The van der Waals surface area contributed by atoms with Crippen molar-refractivity contribution in [1.29, 1.82) is 0 Å². The minimum Gasteiger partial charge on any atom is -0.481 e. The second-order valence-corrected chi connectivity index (χ2v) is 6.40. The van der Waals surface area contributed by atoms with E-state index < -0.39 is 5.97 Å². The Bertz CT molecular complexity index is 784. The van der Waals surface area contributed by atoms with E-state index in [9.17, 15) is 9.90 Å². The molecule has 0 aliphatic heterocycles. The van der Waals surface area contributed by atoms with Gasteiger partial charge in [-0.2, -0.15) is 0 Å². The zero-order chi connectivity index (χ0) is 15.4. The van der Waals surface area contributed by atoms with Crippen LogP contribution in [0.25, 0.3) is 10.8 Å². The maximum Gasteiger partial charge on any atom is 0.304 e. The average molecular weight is 308 g/mol. The molecule has 2 nitrogen and oxygen atoms in total. The summed E-state index contributed by atoms with van der Waals surface area (Å²) in [5, 5.41) is 11.5. The second-order valence-electron chi connectivity index (χ2n) is 5.12. The zero-order valence-electron chi connectivity index (χ0n) is 12.0. The minimum absolute atomic E-state index is 0.0835. The summed E-state index contributed by atoms with van der Waals surface area (Å²) in [6.07, 6.45) is 0.113. The van der Waals surface area contributed by atoms with Gasteiger partial charge in [0, 0.05) is 10.1 Å². The van der Waals surface area contributed by atoms with Crippen LogP contribution in [0.2, 0.25) is 0 Å². The van der Waals surface area contributed by atoms with Crippen molar-refractivity contribution in [1.82, 2.24) is 0 Å². The van der Waals surface area contributed by atoms with Gasteiger partial charge in [-0.25, -0.2) is 0 Å². The summed E-state index contributed by atoms with van der Waals surface area (Å²) >= 11 is 1.60. The van der Waals surface area contributed by atoms with E-state index >= 15 is 0 Å². The van der Waals surface area contributed by atoms with E-state index in [4.69, 9.17) is 0 Å². The summed E-state index contributed by atoms with van der Waals surface area (Å²) in [6, 6.07) is 24.3. The van der Waals surface area contributed by atoms with Crippen molar-refractivity contribution in [3.63, 3.8) is 0 Å². The molecule has 0 aliphatic carbocycles. The maximum atomic E-state index is 11.2. The molecular weight excluding hydrogens is 292 g/mol. The highest BCUT2D eigenvalue weighted by Gasteiger charge is 2.17. The molecule has 3 aromatic rings. The van der Waals surface area contributed by atoms with Crippen molar-refractivity contribution in [3.8, 4) is 0 Å². The van der Waals surface area contributed by atoms with Crippen LogP contribution in [-0.2, 0) is 4.79 Å². The van der Waals surface area contributed by atoms with Gasteiger partial charge in [-0.15, -0.1) is 11.8 Å². The van der Waals surface area contributed by atoms with Crippen LogP contribution in [0.1, 0.15) is 17.2 Å². The predicted octanol–water partition coefficient (Wildman–Crippen LogP) is 5.15. The average Bonchev–Trinajstić information content (AvgIpc) is 2.54. The second kappa shape index (κ2) is 6.67. The Labute approximate surface area is 133 Å². The molecule has 110 valence electrons. The quantitative estimate of drug-likeness (QED) is 0.662. The molecule has 0 radical (unpaired) electrons. The number of fused-ring (bicyclic) bond motifs is 1. The van der Waals surface area contributed by atoms with E-state index in [0.29, 0.717) is 0 Å². The normalized spacial score (nSPS) is 12.2. The number of carbonyl (C=O) groups is 1. The number of thioether (sulfide) groups is 1. The highest BCUT2D eigenvalue weighted by atomic mass is 32.2. The Morgan fingerprint density at radius 1 is 0.909 bits per heavy atom. The Morgan fingerprint density at radius 3 is 2.32 bits per heavy atom. The van der Waals surface area contributed by atoms with Gasteiger partial charge in [-0.05, 0) is 28.5 Å². The summed E-state index contributed by atoms with van der Waals surface area (Å²) in [7, 11) is 0. The maximum absolute atomic E-state index is 11.2. The lowest BCUT2D eigenvalue weighted by atomic mass is 10.1. The first-order valence-corrected chi connectivity index (χ1v) is 8.02. The summed E-state index contributed by atoms with van der Waals surface area (Å²) in [4.78, 5) is 12.3. The fourth-order valence-corrected chi connectivity index (χ4v) is 3.65. The van der Waals surface area contributed by atoms with Gasteiger partial charge in [0.2, 0.25) is 0 Å². The van der Waals surface area contributed by atoms with Crippen molar-refractivity contribution >= 4 is 28.5 Å². The van der Waals surface area contributed by atoms with Gasteiger partial charge < -0.3 is 5.11 Å². The topological polar surface area (TPSA) is 37.3 Å². The van der Waals surface area contributed by atoms with E-state index in [1.807, 2.05) is 42.5 Å². The molecule has 22 heavy (non-hydrogen) atoms. The van der Waals surface area contributed by atoms with Crippen LogP contribution in [-0.4, -0.2) is 11.1 Å². The third-order valence-electron chi connectivity index (χ3n) is 3.53. The van der Waals surface area contributed by atoms with Crippen LogP contribution in [0.5, 0.6) is 0 Å². The van der Waals surface area contributed by atoms with Crippen LogP contribution in [0.3, 0.4) is 0 Å². The number of aliphatic carboxylic acids is 1. The summed E-state index contributed by atoms with van der Waals surface area (Å²) < 4.78 is 0. The van der Waals surface area contributed by atoms with Gasteiger partial charge >= 0.3 is 5.97 Å². The first kappa shape index (κ1) is 14.7. The highest BCUT2D eigenvalue weighted by Crippen LogP contribution is 2.38. The van der Waals surface area contributed by atoms with Gasteiger partial charge in [-0.1, -0.05) is 60.7 Å². The lowest BCUT2D eigenvalue weighted by molar-refractivity contribution is -0.137. The molecule has 0 bridgehead atoms. The van der Waals surface area contributed by atoms with Gasteiger partial charge in [0.1, 0.15) is 0 Å². The largest absolute Gasteiger partial charge is 0.481 e. The van der Waals surface area contributed by atoms with E-state index in [1.54, 1.807) is 11.8 Å². The molecule has 1 unspecified atom stereocenters. The monoisotopic (exact) mass is 308 g/mol. The van der Waals surface area contributed by atoms with Crippen molar-refractivity contribution in [2.45, 2.75) is 16.6 Å². The fraction of sp³-hybridized carbons (Fsp3) is 0.105. The molecule has 0 fully saturated rings. The molecule has 0 spiro atoms. The van der Waals surface area contributed by atoms with E-state index in [2.05, 4.69) is 30.3 Å². The molecule has 3 aromatic carbocycles. The standard InChI is InChI=1S/C19H16O2S/c20-19(21)13-18(15-7-2-1-3-8-15)22-17-11-10-14-6-4-5-9-16(14)12-17/h1-12,18H,13H2,(H,20,21). The van der Waals surface area contributed by atoms with E-state index in [-0.39, 0.29) is 11.7 Å². The number of carboxylic acid groups (broad SMARTS) is 1. The SMILES string of the molecule is O=C(O)CC(Sc1ccc2ccccc2c1)c1ccccc1. The van der Waals surface area contributed by atoms with Crippen LogP contribution >= 0.6 is 11.8 Å². The first-order chi connectivity index (χ1) is 10.7. The molecule has 0 amide bonds. The van der Waals surface area contributed by atoms with Crippen molar-refractivity contribution in [2.75, 3.05) is 0 Å². The van der Waals surface area contributed by atoms with E-state index in [0.717, 1.165) is 10.5 Å². The Balaban J connectivity index is 1.89. The van der Waals surface area contributed by atoms with E-state index in [1.165, 1.54) is 10.8 Å². The highest BCUT2D eigenvalue weighted by molar-refractivity contribution is 7.99. The summed E-state index contributed by atoms with van der Waals surface area (Å²) in [5.41, 5.74) is 1.04. The molecule has 0 heterocycles.